The molecule has 0 bridgehead atoms. The maximum atomic E-state index is 12.9. The molecule has 1 N–H and O–H groups in total. The SMILES string of the molecule is CC(C)c1cc(-c2ccccc2)cc(C(C)C)c1-n1c(-c2cc(-c3cccc4c3nc(-c3cc(C(C)(C)C)cc(C(C)(C)C)c3O)n4-c3c(C(C)C)cc(-c4ccccc4)cc3C(C)C)cc(C(C)(C)C)c2)nc2ccc(C#N)cc21. The molecule has 0 aliphatic rings. The molecule has 0 aliphatic carbocycles. The van der Waals surface area contributed by atoms with Crippen molar-refractivity contribution in [1.29, 1.82) is 5.26 Å². The summed E-state index contributed by atoms with van der Waals surface area (Å²) < 4.78 is 4.74. The summed E-state index contributed by atoms with van der Waals surface area (Å²) in [4.78, 5) is 11.5. The molecule has 0 atom stereocenters. The number of aromatic hydroxyl groups is 1. The number of fused-ring (bicyclic) bond motifs is 2. The number of hydrogen-bond acceptors (Lipinski definition) is 4. The van der Waals surface area contributed by atoms with Gasteiger partial charge in [0.15, 0.2) is 0 Å². The minimum absolute atomic E-state index is 0.144. The summed E-state index contributed by atoms with van der Waals surface area (Å²) in [7, 11) is 0. The van der Waals surface area contributed by atoms with E-state index in [9.17, 15) is 10.4 Å². The third-order valence-electron chi connectivity index (χ3n) is 16.3. The molecule has 0 aliphatic heterocycles. The number of nitrogens with zero attached hydrogens (tertiary/aromatic N) is 5. The van der Waals surface area contributed by atoms with E-state index in [0.29, 0.717) is 17.0 Å². The third-order valence-corrected chi connectivity index (χ3v) is 16.3. The average molecular weight is 1070 g/mol. The molecule has 0 saturated heterocycles. The van der Waals surface area contributed by atoms with Crippen molar-refractivity contribution in [3.8, 4) is 79.3 Å². The van der Waals surface area contributed by atoms with Gasteiger partial charge in [-0.3, -0.25) is 9.13 Å². The van der Waals surface area contributed by atoms with Crippen molar-refractivity contribution in [2.24, 2.45) is 0 Å². The van der Waals surface area contributed by atoms with Crippen molar-refractivity contribution in [3.63, 3.8) is 0 Å². The van der Waals surface area contributed by atoms with Crippen LogP contribution < -0.4 is 0 Å². The smallest absolute Gasteiger partial charge is 0.149 e. The highest BCUT2D eigenvalue weighted by Crippen LogP contribution is 2.48. The van der Waals surface area contributed by atoms with Gasteiger partial charge < -0.3 is 5.11 Å². The van der Waals surface area contributed by atoms with Crippen molar-refractivity contribution >= 4 is 22.1 Å². The van der Waals surface area contributed by atoms with Crippen molar-refractivity contribution < 1.29 is 5.11 Å². The summed E-state index contributed by atoms with van der Waals surface area (Å²) >= 11 is 0. The number of phenols is 1. The van der Waals surface area contributed by atoms with Gasteiger partial charge in [0.25, 0.3) is 0 Å². The maximum Gasteiger partial charge on any atom is 0.149 e. The average Bonchev–Trinajstić information content (AvgIpc) is 2.65. The molecule has 0 amide bonds. The first-order valence-corrected chi connectivity index (χ1v) is 29.2. The fraction of sp³-hybridized carbons (Fsp3) is 0.320. The number of hydrogen-bond donors (Lipinski definition) is 1. The summed E-state index contributed by atoms with van der Waals surface area (Å²) in [5, 5.41) is 23.3. The molecule has 0 spiro atoms. The number of rotatable bonds is 11. The first-order chi connectivity index (χ1) is 38.2. The first kappa shape index (κ1) is 56.3. The molecule has 0 saturated carbocycles. The van der Waals surface area contributed by atoms with Crippen LogP contribution in [0.15, 0.2) is 152 Å². The van der Waals surface area contributed by atoms with Gasteiger partial charge in [0.1, 0.15) is 17.4 Å². The fourth-order valence-electron chi connectivity index (χ4n) is 11.7. The summed E-state index contributed by atoms with van der Waals surface area (Å²) in [6.07, 6.45) is 0. The molecule has 0 radical (unpaired) electrons. The first-order valence-electron chi connectivity index (χ1n) is 29.2. The predicted molar refractivity (Wildman–Crippen MR) is 342 cm³/mol. The monoisotopic (exact) mass is 1070 g/mol. The lowest BCUT2D eigenvalue weighted by atomic mass is 9.78. The third kappa shape index (κ3) is 10.5. The topological polar surface area (TPSA) is 79.7 Å². The lowest BCUT2D eigenvalue weighted by Gasteiger charge is -2.28. The maximum absolute atomic E-state index is 12.9. The Morgan fingerprint density at radius 3 is 1.37 bits per heavy atom. The summed E-state index contributed by atoms with van der Waals surface area (Å²) in [5.41, 5.74) is 21.8. The van der Waals surface area contributed by atoms with Crippen LogP contribution in [0.3, 0.4) is 0 Å². The minimum atomic E-state index is -0.363. The Morgan fingerprint density at radius 2 is 0.901 bits per heavy atom. The summed E-state index contributed by atoms with van der Waals surface area (Å²) in [6, 6.07) is 57.1. The molecule has 10 aromatic rings. The van der Waals surface area contributed by atoms with E-state index in [0.717, 1.165) is 72.6 Å². The van der Waals surface area contributed by atoms with E-state index in [1.54, 1.807) is 0 Å². The van der Waals surface area contributed by atoms with Crippen molar-refractivity contribution in [2.75, 3.05) is 0 Å². The van der Waals surface area contributed by atoms with E-state index in [4.69, 9.17) is 9.97 Å². The largest absolute Gasteiger partial charge is 0.507 e. The normalized spacial score (nSPS) is 12.5. The lowest BCUT2D eigenvalue weighted by molar-refractivity contribution is 0.446. The van der Waals surface area contributed by atoms with Crippen molar-refractivity contribution in [1.82, 2.24) is 19.1 Å². The zero-order valence-electron chi connectivity index (χ0n) is 50.9. The number of aromatic nitrogens is 4. The van der Waals surface area contributed by atoms with Crippen LogP contribution in [0, 0.1) is 11.3 Å². The van der Waals surface area contributed by atoms with E-state index in [-0.39, 0.29) is 45.7 Å². The lowest BCUT2D eigenvalue weighted by Crippen LogP contribution is -2.17. The number of phenolic OH excluding ortho intramolecular Hbond substituents is 1. The van der Waals surface area contributed by atoms with Gasteiger partial charge in [-0.25, -0.2) is 9.97 Å². The van der Waals surface area contributed by atoms with Gasteiger partial charge in [-0.1, -0.05) is 203 Å². The van der Waals surface area contributed by atoms with E-state index in [1.165, 1.54) is 44.5 Å². The Bertz CT molecular complexity index is 4000. The molecule has 6 nitrogen and oxygen atoms in total. The summed E-state index contributed by atoms with van der Waals surface area (Å²) in [5.74, 6) is 2.37. The Morgan fingerprint density at radius 1 is 0.420 bits per heavy atom. The Labute approximate surface area is 482 Å². The van der Waals surface area contributed by atoms with E-state index < -0.39 is 0 Å². The van der Waals surface area contributed by atoms with Gasteiger partial charge in [0, 0.05) is 16.7 Å². The number of imidazole rings is 2. The molecule has 6 heteroatoms. The molecule has 0 fully saturated rings. The molecule has 81 heavy (non-hydrogen) atoms. The van der Waals surface area contributed by atoms with Gasteiger partial charge >= 0.3 is 0 Å². The van der Waals surface area contributed by atoms with Gasteiger partial charge in [0.05, 0.1) is 50.6 Å². The van der Waals surface area contributed by atoms with E-state index in [2.05, 4.69) is 266 Å². The fourth-order valence-corrected chi connectivity index (χ4v) is 11.7. The molecule has 2 heterocycles. The molecule has 10 rings (SSSR count). The quantitative estimate of drug-likeness (QED) is 0.140. The van der Waals surface area contributed by atoms with Crippen LogP contribution >= 0.6 is 0 Å². The van der Waals surface area contributed by atoms with Crippen LogP contribution in [0.2, 0.25) is 0 Å². The van der Waals surface area contributed by atoms with Gasteiger partial charge in [-0.15, -0.1) is 0 Å². The second-order valence-corrected chi connectivity index (χ2v) is 26.9. The molecule has 0 unspecified atom stereocenters. The highest BCUT2D eigenvalue weighted by Gasteiger charge is 2.32. The van der Waals surface area contributed by atoms with Crippen LogP contribution in [0.4, 0.5) is 0 Å². The summed E-state index contributed by atoms with van der Waals surface area (Å²) in [6.45, 7) is 38.4. The zero-order chi connectivity index (χ0) is 58.2. The van der Waals surface area contributed by atoms with Crippen LogP contribution in [-0.2, 0) is 16.2 Å². The van der Waals surface area contributed by atoms with Gasteiger partial charge in [-0.2, -0.15) is 5.26 Å². The highest BCUT2D eigenvalue weighted by molar-refractivity contribution is 5.98. The predicted octanol–water partition coefficient (Wildman–Crippen LogP) is 20.7. The Balaban J connectivity index is 1.33. The number of para-hydroxylation sites is 1. The molecule has 8 aromatic carbocycles. The minimum Gasteiger partial charge on any atom is -0.507 e. The zero-order valence-corrected chi connectivity index (χ0v) is 50.9. The molecular formula is C75H81N5O. The number of nitriles is 1. The molecular weight excluding hydrogens is 987 g/mol. The van der Waals surface area contributed by atoms with E-state index >= 15 is 0 Å². The standard InChI is InChI=1S/C75H81N5O/c1-44(2)58-37-51(49-25-20-18-21-26-49)38-59(45(3)4)68(58)79-65-30-24-29-57(67(65)78-72(79)62-41-56(74(12,13)14)42-63(70(62)81)75(15,16)17)53-34-54(36-55(35-53)73(9,10)11)71-77-64-32-31-48(43-76)33-66(64)80(71)69-60(46(5)6)39-52(40-61(69)47(7)8)50-27-22-19-23-28-50/h18-42,44-47,81H,1-17H3. The van der Waals surface area contributed by atoms with Gasteiger partial charge in [0.2, 0.25) is 0 Å². The van der Waals surface area contributed by atoms with Crippen LogP contribution in [0.1, 0.15) is 186 Å². The Hall–Kier alpha value is -8.01. The highest BCUT2D eigenvalue weighted by atomic mass is 16.3. The van der Waals surface area contributed by atoms with Crippen LogP contribution in [0.5, 0.6) is 5.75 Å². The van der Waals surface area contributed by atoms with E-state index in [1.807, 2.05) is 18.2 Å². The molecule has 2 aromatic heterocycles. The second kappa shape index (κ2) is 21.1. The van der Waals surface area contributed by atoms with Crippen molar-refractivity contribution in [3.05, 3.63) is 196 Å². The van der Waals surface area contributed by atoms with Crippen LogP contribution in [-0.4, -0.2) is 24.2 Å². The second-order valence-electron chi connectivity index (χ2n) is 26.9. The molecule has 412 valence electrons. The number of benzene rings is 8. The van der Waals surface area contributed by atoms with Crippen LogP contribution in [0.25, 0.3) is 89.6 Å². The van der Waals surface area contributed by atoms with Crippen molar-refractivity contribution in [2.45, 2.75) is 158 Å². The Kier molecular flexibility index (Phi) is 14.7. The van der Waals surface area contributed by atoms with Gasteiger partial charge in [-0.05, 0) is 168 Å².